The van der Waals surface area contributed by atoms with Crippen LogP contribution < -0.4 is 0 Å². The van der Waals surface area contributed by atoms with Crippen LogP contribution in [0, 0.1) is 0 Å². The highest BCUT2D eigenvalue weighted by atomic mass is 16.3. The van der Waals surface area contributed by atoms with Gasteiger partial charge in [-0.15, -0.1) is 0 Å². The van der Waals surface area contributed by atoms with Crippen LogP contribution in [0.15, 0.2) is 18.2 Å². The van der Waals surface area contributed by atoms with Crippen LogP contribution in [0.5, 0.6) is 11.5 Å². The summed E-state index contributed by atoms with van der Waals surface area (Å²) in [7, 11) is 0. The molecule has 1 rings (SSSR count). The van der Waals surface area contributed by atoms with E-state index in [9.17, 15) is 10.2 Å². The van der Waals surface area contributed by atoms with E-state index in [-0.39, 0.29) is 24.3 Å². The molecule has 0 amide bonds. The fourth-order valence-corrected chi connectivity index (χ4v) is 1.07. The second kappa shape index (κ2) is 4.75. The van der Waals surface area contributed by atoms with Gasteiger partial charge in [0.25, 0.3) is 0 Å². The Labute approximate surface area is 88.7 Å². The predicted molar refractivity (Wildman–Crippen MR) is 53.0 cm³/mol. The highest BCUT2D eigenvalue weighted by Gasteiger charge is 1.98. The number of hydrogen-bond acceptors (Lipinski definition) is 2. The van der Waals surface area contributed by atoms with Crippen LogP contribution in [0.2, 0.25) is 0 Å². The maximum absolute atomic E-state index is 9.29. The van der Waals surface area contributed by atoms with Gasteiger partial charge in [0.1, 0.15) is 11.5 Å². The van der Waals surface area contributed by atoms with E-state index in [0.717, 1.165) is 6.07 Å². The van der Waals surface area contributed by atoms with Gasteiger partial charge in [-0.2, -0.15) is 0 Å². The largest absolute Gasteiger partial charge is 0.508 e. The number of benzene rings is 1. The minimum absolute atomic E-state index is 0.00938. The quantitative estimate of drug-likeness (QED) is 0.761. The molecule has 0 aliphatic rings. The molecular weight excluding hydrogens is 164 g/mol. The van der Waals surface area contributed by atoms with Crippen LogP contribution in [0.25, 0.3) is 0 Å². The highest BCUT2D eigenvalue weighted by molar-refractivity contribution is 5.36. The molecule has 2 heteroatoms. The lowest BCUT2D eigenvalue weighted by molar-refractivity contribution is 0.449. The third-order valence-electron chi connectivity index (χ3n) is 1.59. The number of hydrogen-bond donors (Lipinski definition) is 2. The summed E-state index contributed by atoms with van der Waals surface area (Å²) in [5.41, 5.74) is 0.396. The van der Waals surface area contributed by atoms with Crippen molar-refractivity contribution in [3.8, 4) is 11.5 Å². The predicted octanol–water partition coefficient (Wildman–Crippen LogP) is 2.83. The first-order chi connectivity index (χ1) is 8.87. The lowest BCUT2D eigenvalue weighted by Gasteiger charge is -2.02. The van der Waals surface area contributed by atoms with Crippen molar-refractivity contribution in [1.29, 1.82) is 0 Å². The van der Waals surface area contributed by atoms with E-state index in [1.165, 1.54) is 12.1 Å². The van der Waals surface area contributed by atoms with Gasteiger partial charge in [0, 0.05) is 15.7 Å². The second-order valence-corrected chi connectivity index (χ2v) is 2.66. The molecule has 0 fully saturated rings. The van der Waals surface area contributed by atoms with Crippen molar-refractivity contribution in [2.24, 2.45) is 0 Å². The summed E-state index contributed by atoms with van der Waals surface area (Å²) in [4.78, 5) is 0. The van der Waals surface area contributed by atoms with Crippen LogP contribution in [0.3, 0.4) is 0 Å². The first-order valence-corrected chi connectivity index (χ1v) is 3.89. The van der Waals surface area contributed by atoms with Crippen LogP contribution in [-0.4, -0.2) is 10.2 Å². The Balaban J connectivity index is 2.87. The molecule has 1 aromatic rings. The van der Waals surface area contributed by atoms with Gasteiger partial charge < -0.3 is 10.2 Å². The lowest BCUT2D eigenvalue weighted by Crippen LogP contribution is -1.84. The first kappa shape index (κ1) is 3.91. The maximum atomic E-state index is 9.29. The summed E-state index contributed by atoms with van der Waals surface area (Å²) in [6.45, 7) is -3.07. The SMILES string of the molecule is [2H]C([2H])([2H])C([2H])([2H])C([2H])([2H])CCc1cc(O)cc(O)c1. The van der Waals surface area contributed by atoms with E-state index < -0.39 is 19.6 Å². The van der Waals surface area contributed by atoms with Gasteiger partial charge in [0.05, 0.1) is 0 Å². The Hall–Kier alpha value is -1.18. The summed E-state index contributed by atoms with van der Waals surface area (Å²) in [5, 5.41) is 18.6. The van der Waals surface area contributed by atoms with E-state index in [1.807, 2.05) is 0 Å². The molecule has 13 heavy (non-hydrogen) atoms. The maximum Gasteiger partial charge on any atom is 0.119 e. The number of phenols is 2. The molecule has 0 heterocycles. The van der Waals surface area contributed by atoms with Crippen molar-refractivity contribution in [2.75, 3.05) is 0 Å². The summed E-state index contributed by atoms with van der Waals surface area (Å²) >= 11 is 0. The molecule has 0 saturated carbocycles. The molecule has 1 aromatic carbocycles. The zero-order chi connectivity index (χ0) is 15.8. The molecule has 0 spiro atoms. The van der Waals surface area contributed by atoms with Crippen LogP contribution in [0.1, 0.15) is 41.2 Å². The van der Waals surface area contributed by atoms with E-state index in [1.54, 1.807) is 0 Å². The summed E-state index contributed by atoms with van der Waals surface area (Å²) in [6.07, 6.45) is -5.95. The van der Waals surface area contributed by atoms with Gasteiger partial charge in [0.2, 0.25) is 0 Å². The Morgan fingerprint density at radius 3 is 2.62 bits per heavy atom. The molecule has 0 unspecified atom stereocenters. The fourth-order valence-electron chi connectivity index (χ4n) is 1.07. The van der Waals surface area contributed by atoms with Gasteiger partial charge >= 0.3 is 0 Å². The molecule has 0 saturated heterocycles. The van der Waals surface area contributed by atoms with Crippen molar-refractivity contribution in [3.05, 3.63) is 23.8 Å². The number of aromatic hydroxyl groups is 2. The Morgan fingerprint density at radius 2 is 2.00 bits per heavy atom. The van der Waals surface area contributed by atoms with Crippen molar-refractivity contribution in [2.45, 2.75) is 32.4 Å². The van der Waals surface area contributed by atoms with Crippen LogP contribution >= 0.6 is 0 Å². The van der Waals surface area contributed by atoms with E-state index in [2.05, 4.69) is 0 Å². The fraction of sp³-hybridized carbons (Fsp3) is 0.455. The highest BCUT2D eigenvalue weighted by Crippen LogP contribution is 2.21. The first-order valence-electron chi connectivity index (χ1n) is 7.39. The molecule has 0 radical (unpaired) electrons. The standard InChI is InChI=1S/C11H16O2/c1-2-3-4-5-9-6-10(12)8-11(13)7-9/h6-8,12-13H,2-5H2,1H3/i1D3,2D2,3D2. The van der Waals surface area contributed by atoms with E-state index in [0.29, 0.717) is 5.56 Å². The van der Waals surface area contributed by atoms with Gasteiger partial charge in [-0.1, -0.05) is 19.6 Å². The molecule has 72 valence electrons. The summed E-state index contributed by atoms with van der Waals surface area (Å²) in [5.74, 6) is -0.390. The number of rotatable bonds is 4. The zero-order valence-corrected chi connectivity index (χ0v) is 7.04. The molecule has 2 nitrogen and oxygen atoms in total. The number of phenolic OH excluding ortho intramolecular Hbond substituents is 2. The second-order valence-electron chi connectivity index (χ2n) is 2.66. The zero-order valence-electron chi connectivity index (χ0n) is 14.0. The van der Waals surface area contributed by atoms with Gasteiger partial charge in [-0.25, -0.2) is 0 Å². The molecule has 0 bridgehead atoms. The smallest absolute Gasteiger partial charge is 0.119 e. The van der Waals surface area contributed by atoms with Crippen LogP contribution in [-0.2, 0) is 6.42 Å². The minimum atomic E-state index is -3.07. The molecule has 0 aromatic heterocycles. The van der Waals surface area contributed by atoms with Gasteiger partial charge in [-0.05, 0) is 30.5 Å². The molecule has 2 N–H and O–H groups in total. The minimum Gasteiger partial charge on any atom is -0.508 e. The normalized spacial score (nSPS) is 21.4. The molecule has 0 atom stereocenters. The molecule has 0 aliphatic heterocycles. The van der Waals surface area contributed by atoms with Crippen molar-refractivity contribution in [1.82, 2.24) is 0 Å². The average molecular weight is 187 g/mol. The summed E-state index contributed by atoms with van der Waals surface area (Å²) in [6, 6.07) is 3.72. The Morgan fingerprint density at radius 1 is 1.31 bits per heavy atom. The van der Waals surface area contributed by atoms with Crippen molar-refractivity contribution in [3.63, 3.8) is 0 Å². The number of aryl methyl sites for hydroxylation is 1. The van der Waals surface area contributed by atoms with Crippen molar-refractivity contribution < 1.29 is 19.8 Å². The monoisotopic (exact) mass is 187 g/mol. The topological polar surface area (TPSA) is 40.5 Å². The van der Waals surface area contributed by atoms with Gasteiger partial charge in [-0.3, -0.25) is 0 Å². The Bertz CT molecular complexity index is 462. The van der Waals surface area contributed by atoms with Crippen LogP contribution in [0.4, 0.5) is 0 Å². The van der Waals surface area contributed by atoms with Gasteiger partial charge in [0.15, 0.2) is 0 Å². The lowest BCUT2D eigenvalue weighted by atomic mass is 10.1. The third-order valence-corrected chi connectivity index (χ3v) is 1.59. The van der Waals surface area contributed by atoms with E-state index >= 15 is 0 Å². The molecular formula is C11H16O2. The third kappa shape index (κ3) is 3.36. The summed E-state index contributed by atoms with van der Waals surface area (Å²) < 4.78 is 51.5. The van der Waals surface area contributed by atoms with Crippen molar-refractivity contribution >= 4 is 0 Å². The molecule has 0 aliphatic carbocycles. The average Bonchev–Trinajstić information content (AvgIpc) is 2.23. The Kier molecular flexibility index (Phi) is 1.43. The van der Waals surface area contributed by atoms with E-state index in [4.69, 9.17) is 9.60 Å².